The van der Waals surface area contributed by atoms with Crippen LogP contribution < -0.4 is 0 Å². The fourth-order valence-electron chi connectivity index (χ4n) is 4.89. The molecule has 39 heavy (non-hydrogen) atoms. The molecular formula is C31H39F4N3O. The predicted octanol–water partition coefficient (Wildman–Crippen LogP) is 7.92. The third-order valence-corrected chi connectivity index (χ3v) is 7.51. The van der Waals surface area contributed by atoms with E-state index in [1.165, 1.54) is 18.2 Å². The molecule has 1 amide bonds. The van der Waals surface area contributed by atoms with Crippen LogP contribution in [0.15, 0.2) is 36.4 Å². The number of benzene rings is 2. The van der Waals surface area contributed by atoms with Crippen LogP contribution in [0.5, 0.6) is 0 Å². The zero-order chi connectivity index (χ0) is 29.2. The number of carbonyl (C=O) groups is 1. The lowest BCUT2D eigenvalue weighted by molar-refractivity contribution is -0.144. The summed E-state index contributed by atoms with van der Waals surface area (Å²) >= 11 is 0. The summed E-state index contributed by atoms with van der Waals surface area (Å²) in [5.74, 6) is -1.51. The first-order valence-electron chi connectivity index (χ1n) is 13.4. The number of rotatable bonds is 5. The van der Waals surface area contributed by atoms with Crippen molar-refractivity contribution in [3.05, 3.63) is 76.5 Å². The van der Waals surface area contributed by atoms with E-state index >= 15 is 0 Å². The number of imidazole rings is 1. The fraction of sp³-hybridized carbons (Fsp3) is 0.484. The normalized spacial score (nSPS) is 15.2. The van der Waals surface area contributed by atoms with Gasteiger partial charge >= 0.3 is 0 Å². The zero-order valence-electron chi connectivity index (χ0n) is 24.1. The Morgan fingerprint density at radius 2 is 1.62 bits per heavy atom. The second-order valence-corrected chi connectivity index (χ2v) is 11.4. The van der Waals surface area contributed by atoms with Crippen LogP contribution in [0, 0.1) is 36.2 Å². The number of aromatic nitrogens is 2. The number of halogens is 4. The lowest BCUT2D eigenvalue weighted by Crippen LogP contribution is -2.54. The highest BCUT2D eigenvalue weighted by Crippen LogP contribution is 2.40. The average molecular weight is 546 g/mol. The largest absolute Gasteiger partial charge is 0.328 e. The molecule has 0 spiro atoms. The molecule has 4 rings (SSSR count). The van der Waals surface area contributed by atoms with Crippen LogP contribution in [0.1, 0.15) is 77.0 Å². The van der Waals surface area contributed by atoms with Crippen LogP contribution in [0.2, 0.25) is 0 Å². The molecule has 1 unspecified atom stereocenters. The Labute approximate surface area is 229 Å². The Bertz CT molecular complexity index is 1290. The molecule has 0 N–H and O–H groups in total. The van der Waals surface area contributed by atoms with Gasteiger partial charge < -0.3 is 9.47 Å². The van der Waals surface area contributed by atoms with Gasteiger partial charge in [-0.2, -0.15) is 0 Å². The van der Waals surface area contributed by atoms with E-state index in [1.54, 1.807) is 12.1 Å². The van der Waals surface area contributed by atoms with E-state index in [9.17, 15) is 22.4 Å². The molecule has 1 aliphatic rings. The molecule has 4 nitrogen and oxygen atoms in total. The van der Waals surface area contributed by atoms with Gasteiger partial charge in [-0.05, 0) is 56.9 Å². The maximum atomic E-state index is 14.2. The maximum Gasteiger partial charge on any atom is 0.226 e. The van der Waals surface area contributed by atoms with Crippen molar-refractivity contribution in [3.8, 4) is 11.3 Å². The first kappa shape index (κ1) is 30.4. The summed E-state index contributed by atoms with van der Waals surface area (Å²) in [6, 6.07) is 8.80. The summed E-state index contributed by atoms with van der Waals surface area (Å²) < 4.78 is 55.5. The number of amides is 1. The molecule has 2 aromatic carbocycles. The number of nitrogens with zero attached hydrogens (tertiary/aromatic N) is 3. The topological polar surface area (TPSA) is 38.1 Å². The van der Waals surface area contributed by atoms with Crippen LogP contribution in [-0.4, -0.2) is 26.9 Å². The van der Waals surface area contributed by atoms with Gasteiger partial charge in [-0.25, -0.2) is 22.5 Å². The van der Waals surface area contributed by atoms with Gasteiger partial charge in [-0.1, -0.05) is 52.3 Å². The van der Waals surface area contributed by atoms with Crippen molar-refractivity contribution in [1.29, 1.82) is 0 Å². The highest BCUT2D eigenvalue weighted by atomic mass is 19.2. The van der Waals surface area contributed by atoms with Crippen molar-refractivity contribution in [2.45, 2.75) is 80.1 Å². The van der Waals surface area contributed by atoms with Gasteiger partial charge in [0.05, 0.1) is 11.2 Å². The number of aryl methyl sites for hydroxylation is 1. The van der Waals surface area contributed by atoms with Crippen LogP contribution >= 0.6 is 0 Å². The minimum atomic E-state index is -1.17. The summed E-state index contributed by atoms with van der Waals surface area (Å²) in [5.41, 5.74) is 1.83. The molecule has 0 bridgehead atoms. The number of fused-ring (bicyclic) bond motifs is 1. The van der Waals surface area contributed by atoms with Gasteiger partial charge in [-0.15, -0.1) is 0 Å². The van der Waals surface area contributed by atoms with Gasteiger partial charge in [0.1, 0.15) is 18.3 Å². The molecule has 0 fully saturated rings. The van der Waals surface area contributed by atoms with E-state index in [1.807, 2.05) is 60.3 Å². The lowest BCUT2D eigenvalue weighted by Gasteiger charge is -2.44. The number of hydrogen-bond donors (Lipinski definition) is 0. The molecule has 1 aliphatic heterocycles. The third kappa shape index (κ3) is 6.20. The highest BCUT2D eigenvalue weighted by Gasteiger charge is 2.43. The average Bonchev–Trinajstić information content (AvgIpc) is 3.28. The number of carbonyl (C=O) groups excluding carboxylic acids is 1. The predicted molar refractivity (Wildman–Crippen MR) is 146 cm³/mol. The van der Waals surface area contributed by atoms with E-state index in [4.69, 9.17) is 4.98 Å². The third-order valence-electron chi connectivity index (χ3n) is 7.51. The molecule has 3 aromatic rings. The minimum absolute atomic E-state index is 0.0471. The molecule has 1 aromatic heterocycles. The zero-order valence-corrected chi connectivity index (χ0v) is 24.1. The summed E-state index contributed by atoms with van der Waals surface area (Å²) in [7, 11) is 0. The summed E-state index contributed by atoms with van der Waals surface area (Å²) in [6.45, 7) is 15.9. The Balaban J connectivity index is 0.000000449. The van der Waals surface area contributed by atoms with E-state index in [2.05, 4.69) is 4.57 Å². The van der Waals surface area contributed by atoms with E-state index < -0.39 is 23.8 Å². The fourth-order valence-corrected chi connectivity index (χ4v) is 4.89. The Hall–Kier alpha value is -3.16. The van der Waals surface area contributed by atoms with Crippen LogP contribution in [0.25, 0.3) is 11.3 Å². The van der Waals surface area contributed by atoms with Gasteiger partial charge in [0.25, 0.3) is 0 Å². The van der Waals surface area contributed by atoms with Gasteiger partial charge in [-0.3, -0.25) is 4.79 Å². The van der Waals surface area contributed by atoms with E-state index in [0.29, 0.717) is 30.2 Å². The number of hydrogen-bond acceptors (Lipinski definition) is 2. The molecular weight excluding hydrogens is 506 g/mol. The van der Waals surface area contributed by atoms with Crippen LogP contribution in [0.4, 0.5) is 17.6 Å². The smallest absolute Gasteiger partial charge is 0.226 e. The van der Waals surface area contributed by atoms with Crippen molar-refractivity contribution < 1.29 is 22.4 Å². The van der Waals surface area contributed by atoms with Crippen molar-refractivity contribution in [2.75, 3.05) is 6.54 Å². The molecule has 8 heteroatoms. The van der Waals surface area contributed by atoms with E-state index in [-0.39, 0.29) is 35.0 Å². The standard InChI is InChI=1S/C24H32F3N3O.C7H7F/c1-13(2)15(5)22(31)30-9-8-29-21(14(3)4)20(28-23(29)24(30,6)7)16-10-17(12-25)19(27)18(26)11-16;1-6-2-4-7(8)5-3-6/h10-11,13-15H,8-9,12H2,1-7H3;2-5H,1H3. The van der Waals surface area contributed by atoms with Crippen LogP contribution in [0.3, 0.4) is 0 Å². The Kier molecular flexibility index (Phi) is 9.29. The SMILES string of the molecule is CC(C)c1c(-c2cc(F)c(F)c(CF)c2)nc2n1CCN(C(=O)C(C)C(C)C)C2(C)C.Cc1ccc(F)cc1. The lowest BCUT2D eigenvalue weighted by atomic mass is 9.91. The second-order valence-electron chi connectivity index (χ2n) is 11.4. The van der Waals surface area contributed by atoms with Crippen LogP contribution in [-0.2, 0) is 23.6 Å². The molecule has 0 aliphatic carbocycles. The maximum absolute atomic E-state index is 14.2. The Morgan fingerprint density at radius 3 is 2.13 bits per heavy atom. The quantitative estimate of drug-likeness (QED) is 0.306. The molecule has 0 radical (unpaired) electrons. The van der Waals surface area contributed by atoms with Crippen molar-refractivity contribution in [3.63, 3.8) is 0 Å². The second kappa shape index (κ2) is 11.9. The first-order chi connectivity index (χ1) is 18.2. The van der Waals surface area contributed by atoms with E-state index in [0.717, 1.165) is 17.3 Å². The molecule has 1 atom stereocenters. The minimum Gasteiger partial charge on any atom is -0.328 e. The summed E-state index contributed by atoms with van der Waals surface area (Å²) in [6.07, 6.45) is 0. The highest BCUT2D eigenvalue weighted by molar-refractivity contribution is 5.80. The van der Waals surface area contributed by atoms with Crippen molar-refractivity contribution in [1.82, 2.24) is 14.5 Å². The monoisotopic (exact) mass is 545 g/mol. The molecule has 0 saturated heterocycles. The molecule has 212 valence electrons. The summed E-state index contributed by atoms with van der Waals surface area (Å²) in [5, 5.41) is 0. The first-order valence-corrected chi connectivity index (χ1v) is 13.4. The molecule has 0 saturated carbocycles. The Morgan fingerprint density at radius 1 is 1.00 bits per heavy atom. The van der Waals surface area contributed by atoms with Crippen molar-refractivity contribution >= 4 is 5.91 Å². The van der Waals surface area contributed by atoms with Crippen molar-refractivity contribution in [2.24, 2.45) is 11.8 Å². The number of alkyl halides is 1. The summed E-state index contributed by atoms with van der Waals surface area (Å²) in [4.78, 5) is 19.9. The van der Waals surface area contributed by atoms with Gasteiger partial charge in [0, 0.05) is 35.8 Å². The van der Waals surface area contributed by atoms with Gasteiger partial charge in [0.2, 0.25) is 5.91 Å². The van der Waals surface area contributed by atoms with Gasteiger partial charge in [0.15, 0.2) is 11.6 Å². The molecule has 2 heterocycles.